The predicted molar refractivity (Wildman–Crippen MR) is 108 cm³/mol. The number of hydrogen-bond donors (Lipinski definition) is 4. The van der Waals surface area contributed by atoms with Crippen molar-refractivity contribution in [3.8, 4) is 5.88 Å². The summed E-state index contributed by atoms with van der Waals surface area (Å²) in [4.78, 5) is 39.9. The second-order valence-corrected chi connectivity index (χ2v) is 7.66. The van der Waals surface area contributed by atoms with Crippen LogP contribution in [0.25, 0.3) is 11.7 Å². The topological polar surface area (TPSA) is 144 Å². The normalized spacial score (nSPS) is 18.3. The Bertz CT molecular complexity index is 1280. The van der Waals surface area contributed by atoms with Gasteiger partial charge in [0, 0.05) is 24.4 Å². The van der Waals surface area contributed by atoms with Crippen molar-refractivity contribution in [3.05, 3.63) is 39.1 Å². The van der Waals surface area contributed by atoms with Crippen LogP contribution in [0.3, 0.4) is 0 Å². The molecule has 30 heavy (non-hydrogen) atoms. The second-order valence-electron chi connectivity index (χ2n) is 7.66. The molecule has 2 amide bonds. The lowest BCUT2D eigenvalue weighted by Crippen LogP contribution is -2.39. The fourth-order valence-corrected chi connectivity index (χ4v) is 3.55. The van der Waals surface area contributed by atoms with Crippen LogP contribution in [0.2, 0.25) is 0 Å². The summed E-state index contributed by atoms with van der Waals surface area (Å²) in [6.07, 6.45) is 8.34. The molecule has 0 bridgehead atoms. The fourth-order valence-electron chi connectivity index (χ4n) is 3.55. The van der Waals surface area contributed by atoms with Crippen LogP contribution in [0.15, 0.2) is 22.1 Å². The number of imidazole rings is 1. The smallest absolute Gasteiger partial charge is 0.326 e. The van der Waals surface area contributed by atoms with Gasteiger partial charge in [0.1, 0.15) is 11.5 Å². The molecule has 4 heterocycles. The number of aromatic nitrogens is 5. The van der Waals surface area contributed by atoms with E-state index in [0.29, 0.717) is 22.2 Å². The predicted octanol–water partition coefficient (Wildman–Crippen LogP) is 0.0799. The van der Waals surface area contributed by atoms with Gasteiger partial charge in [-0.1, -0.05) is 0 Å². The first kappa shape index (κ1) is 18.4. The maximum absolute atomic E-state index is 12.6. The minimum Gasteiger partial charge on any atom is -0.493 e. The van der Waals surface area contributed by atoms with Gasteiger partial charge in [-0.2, -0.15) is 9.61 Å². The molecule has 0 radical (unpaired) electrons. The first-order chi connectivity index (χ1) is 14.6. The molecule has 0 aromatic carbocycles. The highest BCUT2D eigenvalue weighted by atomic mass is 16.3. The Balaban J connectivity index is 1.58. The molecule has 0 atom stereocenters. The van der Waals surface area contributed by atoms with E-state index in [9.17, 15) is 14.7 Å². The molecule has 3 aromatic heterocycles. The number of nitrogens with zero attached hydrogens (tertiary/aromatic N) is 5. The minimum atomic E-state index is -0.512. The number of amides is 2. The molecular weight excluding hydrogens is 388 g/mol. The Kier molecular flexibility index (Phi) is 4.49. The summed E-state index contributed by atoms with van der Waals surface area (Å²) in [6.45, 7) is 1.47. The number of likely N-dealkylation sites (tertiary alicyclic amines) is 1. The van der Waals surface area contributed by atoms with Crippen LogP contribution in [0.1, 0.15) is 37.8 Å². The van der Waals surface area contributed by atoms with Crippen molar-refractivity contribution in [3.63, 3.8) is 0 Å². The standard InChI is InChI=1S/C19H22N8O3/c28-17-13(22-18(29)25-17)8-11-10-20-27-15(21-12-4-5-12)9-14(23-16(11)27)24-19(30)26-6-2-1-3-7-26/h8-10,12,28H,1-7H2,(H,24,30)(H2,22,25,29). The van der Waals surface area contributed by atoms with E-state index in [4.69, 9.17) is 0 Å². The van der Waals surface area contributed by atoms with Gasteiger partial charge in [0.15, 0.2) is 11.1 Å². The molecule has 4 N–H and O–H groups in total. The Morgan fingerprint density at radius 3 is 2.77 bits per heavy atom. The van der Waals surface area contributed by atoms with Crippen LogP contribution in [0.4, 0.5) is 10.6 Å². The van der Waals surface area contributed by atoms with E-state index in [-0.39, 0.29) is 23.6 Å². The van der Waals surface area contributed by atoms with Crippen LogP contribution >= 0.6 is 0 Å². The number of carbonyl (C=O) groups is 1. The summed E-state index contributed by atoms with van der Waals surface area (Å²) in [7, 11) is 0. The van der Waals surface area contributed by atoms with Gasteiger partial charge >= 0.3 is 11.7 Å². The van der Waals surface area contributed by atoms with E-state index in [1.807, 2.05) is 0 Å². The zero-order chi connectivity index (χ0) is 20.7. The lowest BCUT2D eigenvalue weighted by Gasteiger charge is -2.26. The molecule has 2 fully saturated rings. The first-order valence-electron chi connectivity index (χ1n) is 10.1. The van der Waals surface area contributed by atoms with Gasteiger partial charge in [0.25, 0.3) is 0 Å². The van der Waals surface area contributed by atoms with E-state index in [2.05, 4.69) is 30.4 Å². The van der Waals surface area contributed by atoms with Crippen LogP contribution in [0, 0.1) is 0 Å². The molecule has 11 heteroatoms. The number of aromatic amines is 2. The highest BCUT2D eigenvalue weighted by Gasteiger charge is 2.21. The summed E-state index contributed by atoms with van der Waals surface area (Å²) < 4.78 is 1.60. The van der Waals surface area contributed by atoms with Crippen LogP contribution < -0.4 is 21.7 Å². The summed E-state index contributed by atoms with van der Waals surface area (Å²) in [5, 5.41) is 17.7. The Morgan fingerprint density at radius 1 is 1.27 bits per heavy atom. The summed E-state index contributed by atoms with van der Waals surface area (Å²) in [5.41, 5.74) is 0.775. The van der Waals surface area contributed by atoms with Crippen LogP contribution in [-0.2, 0) is 0 Å². The maximum Gasteiger partial charge on any atom is 0.326 e. The number of nitrogens with one attached hydrogen (secondary N) is 3. The van der Waals surface area contributed by atoms with E-state index in [0.717, 1.165) is 45.2 Å². The zero-order valence-corrected chi connectivity index (χ0v) is 16.3. The molecular formula is C19H22N8O3. The van der Waals surface area contributed by atoms with Gasteiger partial charge in [-0.15, -0.1) is 0 Å². The van der Waals surface area contributed by atoms with Gasteiger partial charge < -0.3 is 15.0 Å². The zero-order valence-electron chi connectivity index (χ0n) is 16.3. The number of H-pyrrole nitrogens is 2. The van der Waals surface area contributed by atoms with E-state index in [1.165, 1.54) is 0 Å². The second kappa shape index (κ2) is 7.32. The van der Waals surface area contributed by atoms with Crippen LogP contribution in [-0.4, -0.2) is 59.7 Å². The number of fused-ring (bicyclic) bond motifs is 1. The Morgan fingerprint density at radius 2 is 2.07 bits per heavy atom. The van der Waals surface area contributed by atoms with Crippen LogP contribution in [0.5, 0.6) is 5.88 Å². The molecule has 1 aliphatic heterocycles. The highest BCUT2D eigenvalue weighted by Crippen LogP contribution is 2.22. The lowest BCUT2D eigenvalue weighted by molar-refractivity contribution is 0.200. The van der Waals surface area contributed by atoms with Crippen molar-refractivity contribution in [2.24, 2.45) is 4.99 Å². The number of rotatable bonds is 3. The van der Waals surface area contributed by atoms with E-state index >= 15 is 0 Å². The number of carbonyl (C=O) groups excluding carboxylic acids is 1. The molecule has 0 unspecified atom stereocenters. The van der Waals surface area contributed by atoms with Crippen molar-refractivity contribution in [1.82, 2.24) is 29.5 Å². The van der Waals surface area contributed by atoms with Crippen molar-refractivity contribution in [2.45, 2.75) is 38.1 Å². The number of aromatic hydroxyl groups is 1. The fraction of sp³-hybridized carbons (Fsp3) is 0.421. The third kappa shape index (κ3) is 3.65. The van der Waals surface area contributed by atoms with Crippen molar-refractivity contribution in [1.29, 1.82) is 0 Å². The minimum absolute atomic E-state index is 0.179. The summed E-state index contributed by atoms with van der Waals surface area (Å²) in [5.74, 6) is 0.121. The molecule has 1 saturated carbocycles. The molecule has 1 saturated heterocycles. The van der Waals surface area contributed by atoms with Gasteiger partial charge in [-0.05, 0) is 38.2 Å². The molecule has 1 aliphatic carbocycles. The number of piperidine rings is 1. The third-order valence-corrected chi connectivity index (χ3v) is 5.26. The van der Waals surface area contributed by atoms with Gasteiger partial charge in [-0.25, -0.2) is 14.6 Å². The first-order valence-corrected chi connectivity index (χ1v) is 10.1. The number of hydrogen-bond acceptors (Lipinski definition) is 6. The number of urea groups is 1. The van der Waals surface area contributed by atoms with Crippen molar-refractivity contribution >= 4 is 23.6 Å². The number of anilines is 1. The molecule has 5 rings (SSSR count). The molecule has 156 valence electrons. The summed E-state index contributed by atoms with van der Waals surface area (Å²) in [6, 6.07) is 1.80. The van der Waals surface area contributed by atoms with Crippen molar-refractivity contribution < 1.29 is 9.90 Å². The SMILES string of the molecule is O=C(Nc1cc(=NC2CC2)n2ncc(=Cc3[nH]c(=O)[nH]c3O)c2n1)N1CCCCC1. The molecule has 11 nitrogen and oxygen atoms in total. The third-order valence-electron chi connectivity index (χ3n) is 5.26. The average Bonchev–Trinajstić information content (AvgIpc) is 3.37. The molecule has 0 spiro atoms. The molecule has 2 aliphatic rings. The van der Waals surface area contributed by atoms with Gasteiger partial charge in [0.2, 0.25) is 5.88 Å². The molecule has 3 aromatic rings. The summed E-state index contributed by atoms with van der Waals surface area (Å²) >= 11 is 0. The van der Waals surface area contributed by atoms with Gasteiger partial charge in [-0.3, -0.25) is 15.3 Å². The average molecular weight is 410 g/mol. The van der Waals surface area contributed by atoms with E-state index in [1.54, 1.807) is 27.8 Å². The Labute approximate surface area is 170 Å². The monoisotopic (exact) mass is 410 g/mol. The lowest BCUT2D eigenvalue weighted by atomic mass is 10.1. The quantitative estimate of drug-likeness (QED) is 0.483. The van der Waals surface area contributed by atoms with E-state index < -0.39 is 5.69 Å². The Hall–Kier alpha value is -3.63. The van der Waals surface area contributed by atoms with Gasteiger partial charge in [0.05, 0.1) is 12.2 Å². The van der Waals surface area contributed by atoms with Crippen molar-refractivity contribution in [2.75, 3.05) is 18.4 Å². The highest BCUT2D eigenvalue weighted by molar-refractivity contribution is 5.88. The maximum atomic E-state index is 12.6. The largest absolute Gasteiger partial charge is 0.493 e.